The molecule has 0 saturated heterocycles. The molecule has 6 heteroatoms. The van der Waals surface area contributed by atoms with Crippen LogP contribution in [-0.2, 0) is 5.41 Å². The molecule has 23 rings (SSSR count). The van der Waals surface area contributed by atoms with Crippen molar-refractivity contribution in [1.29, 1.82) is 0 Å². The molecule has 0 fully saturated rings. The van der Waals surface area contributed by atoms with Gasteiger partial charge in [0.1, 0.15) is 11.2 Å². The second-order valence-corrected chi connectivity index (χ2v) is 29.7. The van der Waals surface area contributed by atoms with Crippen molar-refractivity contribution in [2.24, 2.45) is 0 Å². The Morgan fingerprint density at radius 1 is 0.286 bits per heavy atom. The number of furan rings is 1. The number of fused-ring (bicyclic) bond motifs is 26. The molecule has 0 aliphatic carbocycles. The minimum absolute atomic E-state index is 0.144. The first kappa shape index (κ1) is 44.3. The Morgan fingerprint density at radius 3 is 1.23 bits per heavy atom. The maximum atomic E-state index is 10.6. The van der Waals surface area contributed by atoms with Gasteiger partial charge in [-0.05, 0) is 197 Å². The molecule has 112 heavy (non-hydrogen) atoms. The van der Waals surface area contributed by atoms with E-state index in [0.717, 1.165) is 88.6 Å². The van der Waals surface area contributed by atoms with E-state index in [2.05, 4.69) is 128 Å². The minimum Gasteiger partial charge on any atom is -0.456 e. The van der Waals surface area contributed by atoms with Gasteiger partial charge in [0, 0.05) is 88.7 Å². The van der Waals surface area contributed by atoms with Crippen LogP contribution in [0.15, 0.2) is 380 Å². The summed E-state index contributed by atoms with van der Waals surface area (Å²) < 4.78 is 239. The highest BCUT2D eigenvalue weighted by Gasteiger charge is 2.46. The molecule has 3 aliphatic heterocycles. The zero-order chi connectivity index (χ0) is 94.9. The molecule has 0 amide bonds. The summed E-state index contributed by atoms with van der Waals surface area (Å²) in [7, 11) is 0. The summed E-state index contributed by atoms with van der Waals surface area (Å²) in [5, 5.41) is 0.732. The van der Waals surface area contributed by atoms with E-state index in [1.165, 1.54) is 9.13 Å². The first-order valence-electron chi connectivity index (χ1n) is 49.0. The number of rotatable bonds is 6. The monoisotopic (exact) mass is 1450 g/mol. The number of hydrogen-bond acceptors (Lipinski definition) is 3. The standard InChI is InChI=1S/C106H71BN4O/c1-106(2,3)78-62-99-103-100(63-78)111-98-65-80(109-93-42-18-16-36-85(93)87-50-44-75(61-96(87)109)67-26-10-5-11-27-67)49-52-92(98)107(103)91-51-48-79(108-94-43-19-17-37-86(94)88-58-72(45-53-95(88)108)66-24-8-4-9-25-66)64-97(91)110(99)104-81(68-28-12-6-13-29-68)38-22-40-83(104)76-34-20-32-70(56-76)73-46-54-101-89(59-73)90-60-74(47-55-102(90)112-101)71-33-21-35-77(57-71)84-41-23-39-82(105(84)111)69-30-14-7-15-31-69/h4-65H,1-3H3/i4D,5D,8D,9D,10D,11D,16D,17D,18D,19D,24D,25D,26D,27D,36D,37D,42D,43D,44D,45D,50D,53D,58D,61D. The summed E-state index contributed by atoms with van der Waals surface area (Å²) in [5.74, 6) is 0. The molecule has 0 saturated carbocycles. The van der Waals surface area contributed by atoms with Gasteiger partial charge in [0.15, 0.2) is 0 Å². The third kappa shape index (κ3) is 9.84. The Bertz CT molecular complexity index is 8750. The van der Waals surface area contributed by atoms with Gasteiger partial charge in [0.25, 0.3) is 6.71 Å². The lowest BCUT2D eigenvalue weighted by atomic mass is 9.33. The summed E-state index contributed by atoms with van der Waals surface area (Å²) in [6, 6.07) is 59.8. The molecule has 17 aromatic carbocycles. The first-order valence-corrected chi connectivity index (χ1v) is 37.0. The molecule has 5 nitrogen and oxygen atoms in total. The number of para-hydroxylation sites is 4. The van der Waals surface area contributed by atoms with Crippen LogP contribution >= 0.6 is 0 Å². The molecular weight excluding hydrogens is 1360 g/mol. The number of aromatic nitrogens is 2. The first-order chi connectivity index (χ1) is 65.2. The summed E-state index contributed by atoms with van der Waals surface area (Å²) in [6.07, 6.45) is 0. The van der Waals surface area contributed by atoms with Gasteiger partial charge in [-0.25, -0.2) is 0 Å². The van der Waals surface area contributed by atoms with E-state index >= 15 is 0 Å². The van der Waals surface area contributed by atoms with Gasteiger partial charge in [-0.2, -0.15) is 0 Å². The molecule has 0 unspecified atom stereocenters. The fourth-order valence-electron chi connectivity index (χ4n) is 17.3. The lowest BCUT2D eigenvalue weighted by molar-refractivity contribution is 0.590. The summed E-state index contributed by atoms with van der Waals surface area (Å²) in [5.41, 5.74) is 13.5. The van der Waals surface area contributed by atoms with Crippen molar-refractivity contribution in [2.45, 2.75) is 26.2 Å². The normalized spacial score (nSPS) is 15.7. The van der Waals surface area contributed by atoms with Gasteiger partial charge in [0.05, 0.1) is 66.3 Å². The second-order valence-electron chi connectivity index (χ2n) is 29.7. The van der Waals surface area contributed by atoms with Crippen molar-refractivity contribution in [3.8, 4) is 100 Å². The smallest absolute Gasteiger partial charge is 0.252 e. The van der Waals surface area contributed by atoms with E-state index in [-0.39, 0.29) is 55.0 Å². The van der Waals surface area contributed by atoms with Gasteiger partial charge in [0.2, 0.25) is 0 Å². The van der Waals surface area contributed by atoms with Crippen LogP contribution in [-0.4, -0.2) is 15.8 Å². The van der Waals surface area contributed by atoms with Crippen molar-refractivity contribution in [3.63, 3.8) is 0 Å². The number of benzene rings is 17. The van der Waals surface area contributed by atoms with E-state index < -0.39 is 179 Å². The lowest BCUT2D eigenvalue weighted by Gasteiger charge is -2.46. The van der Waals surface area contributed by atoms with Crippen LogP contribution in [0.5, 0.6) is 0 Å². The summed E-state index contributed by atoms with van der Waals surface area (Å²) in [4.78, 5) is 4.47. The molecule has 3 aromatic heterocycles. The van der Waals surface area contributed by atoms with Crippen LogP contribution in [0, 0.1) is 0 Å². The minimum atomic E-state index is -0.936. The SMILES string of the molecule is [2H]c1c([2H])c([2H])c(-c2c([2H])c([2H])c3c(c2[2H])c2c([2H])c([2H])c([2H])c([2H])c2n3-c2ccc3c(c2)N2c4cc(C(C)(C)C)cc5c4B3c3ccc(-n4c6c([2H])c([2H])c([2H])c([2H])c6c6c([2H])c([2H])c(-c7c([2H])c([2H])c([2H])c([2H])c7[2H])c([2H])c64)cc3N5c3c(-c4ccccc4)cccc3-c3cccc(c3)-c3ccc4oc5ccc(cc5c4c3)-c3cccc(c3)-c3cccc(-c4ccccc4)c32)c([2H])c1[2H]. The Labute approximate surface area is 683 Å². The highest BCUT2D eigenvalue weighted by molar-refractivity contribution is 7.00. The lowest BCUT2D eigenvalue weighted by Crippen LogP contribution is -2.61. The predicted molar refractivity (Wildman–Crippen MR) is 472 cm³/mol. The fourth-order valence-corrected chi connectivity index (χ4v) is 17.3. The number of nitrogens with zero attached hydrogens (tertiary/aromatic N) is 4. The molecule has 3 aliphatic rings. The second kappa shape index (κ2) is 24.7. The Hall–Kier alpha value is -14.2. The topological polar surface area (TPSA) is 29.5 Å². The molecule has 0 radical (unpaired) electrons. The van der Waals surface area contributed by atoms with Crippen LogP contribution in [0.4, 0.5) is 34.1 Å². The van der Waals surface area contributed by atoms with Crippen molar-refractivity contribution >= 4 is 123 Å². The van der Waals surface area contributed by atoms with Crippen LogP contribution in [0.3, 0.4) is 0 Å². The number of anilines is 6. The maximum Gasteiger partial charge on any atom is 0.252 e. The fraction of sp³-hybridized carbons (Fsp3) is 0.0377. The highest BCUT2D eigenvalue weighted by Crippen LogP contribution is 2.55. The largest absolute Gasteiger partial charge is 0.456 e. The molecule has 0 atom stereocenters. The van der Waals surface area contributed by atoms with E-state index in [9.17, 15) is 24.7 Å². The van der Waals surface area contributed by atoms with Gasteiger partial charge in [-0.1, -0.05) is 293 Å². The molecule has 0 N–H and O–H groups in total. The Balaban J connectivity index is 0.922. The van der Waals surface area contributed by atoms with Crippen molar-refractivity contribution in [3.05, 3.63) is 381 Å². The highest BCUT2D eigenvalue weighted by atomic mass is 16.3. The average Bonchev–Trinajstić information content (AvgIpc) is 1.10. The quantitative estimate of drug-likeness (QED) is 0.155. The Morgan fingerprint density at radius 2 is 0.705 bits per heavy atom. The third-order valence-corrected chi connectivity index (χ3v) is 22.4. The molecule has 13 bridgehead atoms. The zero-order valence-electron chi connectivity index (χ0n) is 84.2. The van der Waals surface area contributed by atoms with Gasteiger partial charge in [-0.15, -0.1) is 0 Å². The average molecular weight is 1450 g/mol. The van der Waals surface area contributed by atoms with Gasteiger partial charge < -0.3 is 23.4 Å². The van der Waals surface area contributed by atoms with Gasteiger partial charge >= 0.3 is 0 Å². The third-order valence-electron chi connectivity index (χ3n) is 22.4. The van der Waals surface area contributed by atoms with E-state index in [1.54, 1.807) is 12.1 Å². The molecular formula is C106H71BN4O. The van der Waals surface area contributed by atoms with E-state index in [1.807, 2.05) is 121 Å². The zero-order valence-corrected chi connectivity index (χ0v) is 60.2. The molecule has 524 valence electrons. The van der Waals surface area contributed by atoms with Crippen molar-refractivity contribution < 1.29 is 37.3 Å². The van der Waals surface area contributed by atoms with Gasteiger partial charge in [-0.3, -0.25) is 0 Å². The van der Waals surface area contributed by atoms with Crippen LogP contribution in [0.2, 0.25) is 0 Å². The van der Waals surface area contributed by atoms with Crippen LogP contribution in [0.1, 0.15) is 59.2 Å². The van der Waals surface area contributed by atoms with Crippen molar-refractivity contribution in [2.75, 3.05) is 9.80 Å². The molecule has 0 spiro atoms. The van der Waals surface area contributed by atoms with Crippen LogP contribution < -0.4 is 26.2 Å². The Kier molecular flexibility index (Phi) is 9.76. The summed E-state index contributed by atoms with van der Waals surface area (Å²) >= 11 is 0. The van der Waals surface area contributed by atoms with E-state index in [4.69, 9.17) is 12.6 Å². The summed E-state index contributed by atoms with van der Waals surface area (Å²) in [6.45, 7) is 5.41. The van der Waals surface area contributed by atoms with Crippen LogP contribution in [0.25, 0.3) is 166 Å². The predicted octanol–water partition coefficient (Wildman–Crippen LogP) is 26.8. The van der Waals surface area contributed by atoms with E-state index in [0.29, 0.717) is 56.2 Å². The number of hydrogen-bond donors (Lipinski definition) is 0. The van der Waals surface area contributed by atoms with Crippen molar-refractivity contribution in [1.82, 2.24) is 9.13 Å². The molecule has 20 aromatic rings. The maximum absolute atomic E-state index is 10.6. The molecule has 6 heterocycles.